The smallest absolute Gasteiger partial charge is 0.179 e. The molecule has 6 heteroatoms. The van der Waals surface area contributed by atoms with Crippen molar-refractivity contribution in [2.45, 2.75) is 19.9 Å². The highest BCUT2D eigenvalue weighted by Gasteiger charge is 2.15. The van der Waals surface area contributed by atoms with Crippen LogP contribution in [0.1, 0.15) is 17.5 Å². The minimum Gasteiger partial charge on any atom is -0.489 e. The predicted octanol–water partition coefficient (Wildman–Crippen LogP) is 4.30. The molecular weight excluding hydrogens is 344 g/mol. The molecule has 1 heterocycles. The number of fused-ring (bicyclic) bond motifs is 1. The number of ether oxygens (including phenoxy) is 2. The lowest BCUT2D eigenvalue weighted by Gasteiger charge is -2.14. The van der Waals surface area contributed by atoms with E-state index in [4.69, 9.17) is 33.3 Å². The molecule has 24 heavy (non-hydrogen) atoms. The summed E-state index contributed by atoms with van der Waals surface area (Å²) < 4.78 is 11.3. The lowest BCUT2D eigenvalue weighted by Crippen LogP contribution is -2.27. The van der Waals surface area contributed by atoms with Crippen molar-refractivity contribution in [3.8, 4) is 11.5 Å². The molecule has 2 N–H and O–H groups in total. The van der Waals surface area contributed by atoms with Crippen LogP contribution in [0.5, 0.6) is 11.5 Å². The van der Waals surface area contributed by atoms with Crippen LogP contribution >= 0.6 is 23.8 Å². The average molecular weight is 363 g/mol. The van der Waals surface area contributed by atoms with Crippen LogP contribution < -0.4 is 20.1 Å². The molecule has 0 radical (unpaired) electrons. The van der Waals surface area contributed by atoms with E-state index >= 15 is 0 Å². The zero-order valence-electron chi connectivity index (χ0n) is 13.4. The van der Waals surface area contributed by atoms with E-state index in [-0.39, 0.29) is 0 Å². The summed E-state index contributed by atoms with van der Waals surface area (Å²) in [5, 5.41) is 7.45. The van der Waals surface area contributed by atoms with Crippen LogP contribution in [0.25, 0.3) is 0 Å². The molecule has 4 nitrogen and oxygen atoms in total. The summed E-state index contributed by atoms with van der Waals surface area (Å²) in [6.07, 6.45) is 0.850. The molecule has 0 spiro atoms. The number of halogens is 1. The van der Waals surface area contributed by atoms with Crippen molar-refractivity contribution in [2.75, 3.05) is 18.5 Å². The first-order chi connectivity index (χ1) is 11.6. The first-order valence-corrected chi connectivity index (χ1v) is 8.60. The van der Waals surface area contributed by atoms with E-state index in [1.54, 1.807) is 0 Å². The number of aryl methyl sites for hydroxylation is 1. The van der Waals surface area contributed by atoms with Crippen molar-refractivity contribution in [1.29, 1.82) is 0 Å². The Morgan fingerprint density at radius 3 is 2.71 bits per heavy atom. The summed E-state index contributed by atoms with van der Waals surface area (Å²) in [7, 11) is 0. The highest BCUT2D eigenvalue weighted by Crippen LogP contribution is 2.37. The van der Waals surface area contributed by atoms with Gasteiger partial charge in [-0.25, -0.2) is 0 Å². The monoisotopic (exact) mass is 362 g/mol. The molecule has 3 rings (SSSR count). The van der Waals surface area contributed by atoms with E-state index in [9.17, 15) is 0 Å². The predicted molar refractivity (Wildman–Crippen MR) is 101 cm³/mol. The van der Waals surface area contributed by atoms with Gasteiger partial charge in [0.25, 0.3) is 0 Å². The quantitative estimate of drug-likeness (QED) is 0.797. The van der Waals surface area contributed by atoms with Gasteiger partial charge in [0, 0.05) is 18.7 Å². The maximum Gasteiger partial charge on any atom is 0.179 e. The van der Waals surface area contributed by atoms with Crippen molar-refractivity contribution in [3.05, 3.63) is 52.5 Å². The highest BCUT2D eigenvalue weighted by atomic mass is 35.5. The first kappa shape index (κ1) is 16.9. The third-order valence-electron chi connectivity index (χ3n) is 3.62. The Balaban J connectivity index is 1.62. The molecule has 0 saturated carbocycles. The molecule has 0 amide bonds. The fourth-order valence-corrected chi connectivity index (χ4v) is 2.86. The molecule has 2 aromatic rings. The summed E-state index contributed by atoms with van der Waals surface area (Å²) in [4.78, 5) is 0. The Bertz CT molecular complexity index is 735. The molecule has 1 aliphatic rings. The fourth-order valence-electron chi connectivity index (χ4n) is 2.38. The Labute approximate surface area is 152 Å². The van der Waals surface area contributed by atoms with Crippen LogP contribution in [0.15, 0.2) is 36.4 Å². The zero-order valence-corrected chi connectivity index (χ0v) is 15.0. The number of benzene rings is 2. The Morgan fingerprint density at radius 2 is 1.92 bits per heavy atom. The van der Waals surface area contributed by atoms with Gasteiger partial charge in [-0.2, -0.15) is 0 Å². The lowest BCUT2D eigenvalue weighted by atomic mass is 10.2. The van der Waals surface area contributed by atoms with Gasteiger partial charge in [0.2, 0.25) is 0 Å². The number of nitrogens with one attached hydrogen (secondary N) is 2. The maximum atomic E-state index is 6.30. The van der Waals surface area contributed by atoms with Gasteiger partial charge in [0.05, 0.1) is 18.2 Å². The van der Waals surface area contributed by atoms with E-state index in [1.165, 1.54) is 5.56 Å². The van der Waals surface area contributed by atoms with Crippen molar-refractivity contribution in [2.24, 2.45) is 0 Å². The van der Waals surface area contributed by atoms with Crippen LogP contribution in [0.4, 0.5) is 5.69 Å². The number of rotatable bonds is 3. The molecule has 0 bridgehead atoms. The SMILES string of the molecule is Cc1ccc(NC(=S)NCc2cc(Cl)c3c(c2)OCCCO3)cc1. The zero-order chi connectivity index (χ0) is 16.9. The van der Waals surface area contributed by atoms with Crippen LogP contribution in [0, 0.1) is 6.92 Å². The standard InChI is InChI=1S/C18H19ClN2O2S/c1-12-3-5-14(6-4-12)21-18(24)20-11-13-9-15(19)17-16(10-13)22-7-2-8-23-17/h3-6,9-10H,2,7-8,11H2,1H3,(H2,20,21,24). The van der Waals surface area contributed by atoms with Gasteiger partial charge in [-0.3, -0.25) is 0 Å². The van der Waals surface area contributed by atoms with E-state index < -0.39 is 0 Å². The topological polar surface area (TPSA) is 42.5 Å². The maximum absolute atomic E-state index is 6.30. The second-order valence-electron chi connectivity index (χ2n) is 5.63. The molecule has 0 aliphatic carbocycles. The largest absolute Gasteiger partial charge is 0.489 e. The van der Waals surface area contributed by atoms with E-state index in [1.807, 2.05) is 43.3 Å². The average Bonchev–Trinajstić information content (AvgIpc) is 2.81. The third kappa shape index (κ3) is 4.30. The number of hydrogen-bond donors (Lipinski definition) is 2. The van der Waals surface area contributed by atoms with Gasteiger partial charge >= 0.3 is 0 Å². The number of anilines is 1. The molecule has 0 saturated heterocycles. The molecule has 0 atom stereocenters. The molecule has 2 aromatic carbocycles. The number of hydrogen-bond acceptors (Lipinski definition) is 3. The van der Waals surface area contributed by atoms with Gasteiger partial charge in [-0.1, -0.05) is 29.3 Å². The van der Waals surface area contributed by atoms with Gasteiger partial charge in [0.1, 0.15) is 0 Å². The lowest BCUT2D eigenvalue weighted by molar-refractivity contribution is 0.297. The van der Waals surface area contributed by atoms with E-state index in [0.29, 0.717) is 41.4 Å². The summed E-state index contributed by atoms with van der Waals surface area (Å²) in [5.74, 6) is 1.31. The minimum atomic E-state index is 0.550. The van der Waals surface area contributed by atoms with Gasteiger partial charge in [0.15, 0.2) is 16.6 Å². The summed E-state index contributed by atoms with van der Waals surface area (Å²) in [6, 6.07) is 11.9. The molecule has 0 aromatic heterocycles. The normalized spacial score (nSPS) is 13.1. The molecule has 1 aliphatic heterocycles. The second-order valence-corrected chi connectivity index (χ2v) is 6.44. The third-order valence-corrected chi connectivity index (χ3v) is 4.15. The molecule has 0 fully saturated rings. The Hall–Kier alpha value is -1.98. The Kier molecular flexibility index (Phi) is 5.43. The highest BCUT2D eigenvalue weighted by molar-refractivity contribution is 7.80. The number of thiocarbonyl (C=S) groups is 1. The second kappa shape index (κ2) is 7.73. The summed E-state index contributed by atoms with van der Waals surface area (Å²) in [6.45, 7) is 3.85. The van der Waals surface area contributed by atoms with Crippen LogP contribution in [-0.2, 0) is 6.54 Å². The fraction of sp³-hybridized carbons (Fsp3) is 0.278. The molecular formula is C18H19ClN2O2S. The Morgan fingerprint density at radius 1 is 1.17 bits per heavy atom. The summed E-state index contributed by atoms with van der Waals surface area (Å²) >= 11 is 11.6. The van der Waals surface area contributed by atoms with Crippen molar-refractivity contribution in [3.63, 3.8) is 0 Å². The van der Waals surface area contributed by atoms with E-state index in [2.05, 4.69) is 10.6 Å². The van der Waals surface area contributed by atoms with Crippen molar-refractivity contribution < 1.29 is 9.47 Å². The van der Waals surface area contributed by atoms with Crippen molar-refractivity contribution >= 4 is 34.6 Å². The molecule has 126 valence electrons. The summed E-state index contributed by atoms with van der Waals surface area (Å²) in [5.41, 5.74) is 3.15. The first-order valence-electron chi connectivity index (χ1n) is 7.81. The van der Waals surface area contributed by atoms with Gasteiger partial charge in [-0.15, -0.1) is 0 Å². The van der Waals surface area contributed by atoms with Gasteiger partial charge in [-0.05, 0) is 49.0 Å². The van der Waals surface area contributed by atoms with E-state index in [0.717, 1.165) is 17.7 Å². The molecule has 0 unspecified atom stereocenters. The minimum absolute atomic E-state index is 0.550. The van der Waals surface area contributed by atoms with Gasteiger partial charge < -0.3 is 20.1 Å². The van der Waals surface area contributed by atoms with Crippen LogP contribution in [0.2, 0.25) is 5.02 Å². The van der Waals surface area contributed by atoms with Crippen LogP contribution in [-0.4, -0.2) is 18.3 Å². The van der Waals surface area contributed by atoms with Crippen LogP contribution in [0.3, 0.4) is 0 Å². The van der Waals surface area contributed by atoms with Crippen molar-refractivity contribution in [1.82, 2.24) is 5.32 Å².